The van der Waals surface area contributed by atoms with Crippen LogP contribution in [0.4, 0.5) is 11.6 Å². The first-order valence-corrected chi connectivity index (χ1v) is 8.63. The number of hydrogen-bond acceptors (Lipinski definition) is 7. The van der Waals surface area contributed by atoms with Crippen LogP contribution in [0.25, 0.3) is 0 Å². The minimum Gasteiger partial charge on any atom is -0.454 e. The molecule has 0 radical (unpaired) electrons. The molecule has 1 saturated heterocycles. The Hall–Kier alpha value is -3.36. The molecule has 0 saturated carbocycles. The number of carbonyl (C=O) groups excluding carboxylic acids is 2. The molecule has 140 valence electrons. The van der Waals surface area contributed by atoms with E-state index < -0.39 is 0 Å². The Labute approximate surface area is 155 Å². The van der Waals surface area contributed by atoms with E-state index >= 15 is 0 Å². The van der Waals surface area contributed by atoms with Gasteiger partial charge in [0.2, 0.25) is 19.2 Å². The molecule has 2 aliphatic rings. The van der Waals surface area contributed by atoms with Crippen LogP contribution in [0.1, 0.15) is 16.2 Å². The van der Waals surface area contributed by atoms with Crippen LogP contribution in [-0.4, -0.2) is 60.2 Å². The highest BCUT2D eigenvalue weighted by Crippen LogP contribution is 2.34. The summed E-state index contributed by atoms with van der Waals surface area (Å²) in [6.45, 7) is 4.48. The highest BCUT2D eigenvalue weighted by atomic mass is 16.7. The van der Waals surface area contributed by atoms with Crippen LogP contribution in [0.5, 0.6) is 11.5 Å². The minimum absolute atomic E-state index is 0.179. The average molecular weight is 369 g/mol. The molecule has 1 aromatic heterocycles. The zero-order valence-corrected chi connectivity index (χ0v) is 14.8. The van der Waals surface area contributed by atoms with E-state index in [0.717, 1.165) is 6.41 Å². The first-order chi connectivity index (χ1) is 13.1. The van der Waals surface area contributed by atoms with Gasteiger partial charge in [0.05, 0.1) is 0 Å². The Kier molecular flexibility index (Phi) is 4.49. The smallest absolute Gasteiger partial charge is 0.274 e. The lowest BCUT2D eigenvalue weighted by Gasteiger charge is -2.32. The van der Waals surface area contributed by atoms with Crippen molar-refractivity contribution in [3.05, 3.63) is 35.7 Å². The summed E-state index contributed by atoms with van der Waals surface area (Å²) in [5.74, 6) is 1.42. The van der Waals surface area contributed by atoms with Gasteiger partial charge < -0.3 is 24.6 Å². The number of hydrogen-bond donors (Lipinski definition) is 1. The number of carbonyl (C=O) groups is 2. The summed E-state index contributed by atoms with van der Waals surface area (Å²) in [6, 6.07) is 6.86. The van der Waals surface area contributed by atoms with Crippen molar-refractivity contribution < 1.29 is 19.1 Å². The number of nitrogens with zero attached hydrogens (tertiary/aromatic N) is 4. The Morgan fingerprint density at radius 3 is 2.67 bits per heavy atom. The van der Waals surface area contributed by atoms with E-state index in [2.05, 4.69) is 15.3 Å². The van der Waals surface area contributed by atoms with Crippen LogP contribution in [0, 0.1) is 6.92 Å². The van der Waals surface area contributed by atoms with Crippen molar-refractivity contribution in [1.82, 2.24) is 14.9 Å². The summed E-state index contributed by atoms with van der Waals surface area (Å²) in [6.07, 6.45) is 0.846. The number of fused-ring (bicyclic) bond motifs is 1. The predicted molar refractivity (Wildman–Crippen MR) is 97.1 cm³/mol. The summed E-state index contributed by atoms with van der Waals surface area (Å²) in [5.41, 5.74) is 1.59. The molecule has 9 heteroatoms. The van der Waals surface area contributed by atoms with E-state index in [-0.39, 0.29) is 18.4 Å². The van der Waals surface area contributed by atoms with Crippen LogP contribution in [-0.2, 0) is 4.79 Å². The normalized spacial score (nSPS) is 15.6. The number of benzene rings is 1. The van der Waals surface area contributed by atoms with Crippen LogP contribution < -0.4 is 19.7 Å². The monoisotopic (exact) mass is 369 g/mol. The van der Waals surface area contributed by atoms with E-state index in [9.17, 15) is 9.59 Å². The van der Waals surface area contributed by atoms with Crippen molar-refractivity contribution in [2.45, 2.75) is 6.92 Å². The van der Waals surface area contributed by atoms with E-state index in [1.807, 2.05) is 11.8 Å². The second-order valence-corrected chi connectivity index (χ2v) is 6.35. The SMILES string of the molecule is Cc1cc(C(=O)Nc2ccc3c(c2)OCO3)nc(N2CCN(C=O)CC2)n1. The van der Waals surface area contributed by atoms with Gasteiger partial charge in [-0.1, -0.05) is 0 Å². The van der Waals surface area contributed by atoms with E-state index in [4.69, 9.17) is 9.47 Å². The fraction of sp³-hybridized carbons (Fsp3) is 0.333. The van der Waals surface area contributed by atoms with Crippen LogP contribution in [0.15, 0.2) is 24.3 Å². The summed E-state index contributed by atoms with van der Waals surface area (Å²) in [4.78, 5) is 36.0. The summed E-state index contributed by atoms with van der Waals surface area (Å²) in [7, 11) is 0. The molecule has 9 nitrogen and oxygen atoms in total. The Bertz CT molecular complexity index is 880. The maximum Gasteiger partial charge on any atom is 0.274 e. The molecule has 1 fully saturated rings. The number of piperazine rings is 1. The molecule has 27 heavy (non-hydrogen) atoms. The second kappa shape index (κ2) is 7.10. The third kappa shape index (κ3) is 3.62. The zero-order valence-electron chi connectivity index (χ0n) is 14.8. The maximum atomic E-state index is 12.7. The number of nitrogens with one attached hydrogen (secondary N) is 1. The number of ether oxygens (including phenoxy) is 2. The lowest BCUT2D eigenvalue weighted by Crippen LogP contribution is -2.46. The van der Waals surface area contributed by atoms with Crippen molar-refractivity contribution in [2.75, 3.05) is 43.2 Å². The summed E-state index contributed by atoms with van der Waals surface area (Å²) < 4.78 is 10.6. The summed E-state index contributed by atoms with van der Waals surface area (Å²) >= 11 is 0. The van der Waals surface area contributed by atoms with E-state index in [0.29, 0.717) is 55.0 Å². The van der Waals surface area contributed by atoms with Crippen molar-refractivity contribution in [3.63, 3.8) is 0 Å². The van der Waals surface area contributed by atoms with Gasteiger partial charge in [0.25, 0.3) is 5.91 Å². The standard InChI is InChI=1S/C18H19N5O4/c1-12-8-14(21-18(19-12)23-6-4-22(10-24)5-7-23)17(25)20-13-2-3-15-16(9-13)27-11-26-15/h2-3,8-10H,4-7,11H2,1H3,(H,20,25). The molecular formula is C18H19N5O4. The van der Waals surface area contributed by atoms with Gasteiger partial charge in [-0.05, 0) is 25.1 Å². The van der Waals surface area contributed by atoms with Crippen molar-refractivity contribution in [2.24, 2.45) is 0 Å². The molecule has 3 heterocycles. The quantitative estimate of drug-likeness (QED) is 0.805. The first-order valence-electron chi connectivity index (χ1n) is 8.63. The van der Waals surface area contributed by atoms with Gasteiger partial charge in [-0.2, -0.15) is 0 Å². The molecule has 2 aliphatic heterocycles. The van der Waals surface area contributed by atoms with Gasteiger partial charge in [0, 0.05) is 43.6 Å². The third-order valence-corrected chi connectivity index (χ3v) is 4.45. The molecule has 0 unspecified atom stereocenters. The molecule has 1 N–H and O–H groups in total. The summed E-state index contributed by atoms with van der Waals surface area (Å²) in [5, 5.41) is 2.82. The predicted octanol–water partition coefficient (Wildman–Crippen LogP) is 1.04. The van der Waals surface area contributed by atoms with Crippen molar-refractivity contribution in [1.29, 1.82) is 0 Å². The molecule has 0 aliphatic carbocycles. The Morgan fingerprint density at radius 1 is 1.11 bits per heavy atom. The molecule has 0 atom stereocenters. The van der Waals surface area contributed by atoms with Gasteiger partial charge >= 0.3 is 0 Å². The molecule has 1 aromatic carbocycles. The average Bonchev–Trinajstić information content (AvgIpc) is 3.15. The molecule has 0 bridgehead atoms. The second-order valence-electron chi connectivity index (χ2n) is 6.35. The number of amides is 2. The fourth-order valence-corrected chi connectivity index (χ4v) is 3.01. The first kappa shape index (κ1) is 17.1. The Morgan fingerprint density at radius 2 is 1.89 bits per heavy atom. The number of aryl methyl sites for hydroxylation is 1. The highest BCUT2D eigenvalue weighted by molar-refractivity contribution is 6.03. The Balaban J connectivity index is 1.50. The van der Waals surface area contributed by atoms with Crippen molar-refractivity contribution >= 4 is 24.0 Å². The van der Waals surface area contributed by atoms with Gasteiger partial charge in [-0.25, -0.2) is 9.97 Å². The lowest BCUT2D eigenvalue weighted by molar-refractivity contribution is -0.118. The number of rotatable bonds is 4. The van der Waals surface area contributed by atoms with Crippen molar-refractivity contribution in [3.8, 4) is 11.5 Å². The number of anilines is 2. The van der Waals surface area contributed by atoms with Gasteiger partial charge in [0.15, 0.2) is 11.5 Å². The number of aromatic nitrogens is 2. The molecular weight excluding hydrogens is 350 g/mol. The fourth-order valence-electron chi connectivity index (χ4n) is 3.01. The third-order valence-electron chi connectivity index (χ3n) is 4.45. The van der Waals surface area contributed by atoms with Gasteiger partial charge in [0.1, 0.15) is 5.69 Å². The van der Waals surface area contributed by atoms with Crippen LogP contribution in [0.3, 0.4) is 0 Å². The van der Waals surface area contributed by atoms with Crippen LogP contribution in [0.2, 0.25) is 0 Å². The minimum atomic E-state index is -0.327. The molecule has 2 aromatic rings. The van der Waals surface area contributed by atoms with E-state index in [1.165, 1.54) is 0 Å². The maximum absolute atomic E-state index is 12.7. The molecule has 2 amide bonds. The topological polar surface area (TPSA) is 96.9 Å². The highest BCUT2D eigenvalue weighted by Gasteiger charge is 2.20. The largest absolute Gasteiger partial charge is 0.454 e. The van der Waals surface area contributed by atoms with Crippen LogP contribution >= 0.6 is 0 Å². The molecule has 0 spiro atoms. The van der Waals surface area contributed by atoms with E-state index in [1.54, 1.807) is 29.2 Å². The van der Waals surface area contributed by atoms with Gasteiger partial charge in [-0.15, -0.1) is 0 Å². The van der Waals surface area contributed by atoms with Gasteiger partial charge in [-0.3, -0.25) is 9.59 Å². The lowest BCUT2D eigenvalue weighted by atomic mass is 10.2. The molecule has 4 rings (SSSR count). The zero-order chi connectivity index (χ0) is 18.8.